The van der Waals surface area contributed by atoms with Crippen molar-refractivity contribution in [1.29, 1.82) is 0 Å². The van der Waals surface area contributed by atoms with Gasteiger partial charge in [-0.25, -0.2) is 0 Å². The molecular formula is C13H24ClN3. The van der Waals surface area contributed by atoms with Crippen LogP contribution in [0.4, 0.5) is 0 Å². The first kappa shape index (κ1) is 14.5. The molecule has 1 heterocycles. The van der Waals surface area contributed by atoms with Gasteiger partial charge in [0.2, 0.25) is 0 Å². The maximum Gasteiger partial charge on any atom is 0.0849 e. The van der Waals surface area contributed by atoms with Crippen molar-refractivity contribution >= 4 is 11.6 Å². The minimum Gasteiger partial charge on any atom is -0.315 e. The van der Waals surface area contributed by atoms with Gasteiger partial charge in [-0.3, -0.25) is 4.68 Å². The summed E-state index contributed by atoms with van der Waals surface area (Å²) in [6.07, 6.45) is 3.00. The second-order valence-corrected chi connectivity index (χ2v) is 4.75. The van der Waals surface area contributed by atoms with Crippen LogP contribution in [0, 0.1) is 0 Å². The van der Waals surface area contributed by atoms with Gasteiger partial charge in [0.25, 0.3) is 0 Å². The Bertz CT molecular complexity index is 347. The fourth-order valence-electron chi connectivity index (χ4n) is 2.06. The molecule has 3 nitrogen and oxygen atoms in total. The van der Waals surface area contributed by atoms with E-state index in [1.165, 1.54) is 5.69 Å². The largest absolute Gasteiger partial charge is 0.315 e. The maximum absolute atomic E-state index is 6.37. The summed E-state index contributed by atoms with van der Waals surface area (Å²) in [6, 6.07) is 0.529. The minimum absolute atomic E-state index is 0.529. The highest BCUT2D eigenvalue weighted by molar-refractivity contribution is 6.31. The lowest BCUT2D eigenvalue weighted by atomic mass is 10.1. The number of nitrogens with zero attached hydrogens (tertiary/aromatic N) is 2. The van der Waals surface area contributed by atoms with Crippen molar-refractivity contribution in [3.8, 4) is 0 Å². The van der Waals surface area contributed by atoms with E-state index in [0.717, 1.165) is 43.1 Å². The Morgan fingerprint density at radius 1 is 1.35 bits per heavy atom. The smallest absolute Gasteiger partial charge is 0.0849 e. The molecule has 1 aromatic rings. The summed E-state index contributed by atoms with van der Waals surface area (Å²) in [7, 11) is 0. The number of aromatic nitrogens is 2. The minimum atomic E-state index is 0.529. The molecule has 0 spiro atoms. The highest BCUT2D eigenvalue weighted by Crippen LogP contribution is 2.23. The molecule has 4 heteroatoms. The standard InChI is InChI=1S/C13H24ClN3/c1-5-11-13(14)12(17(7-3)16-11)9-8-10(4)15-6-2/h10,15H,5-9H2,1-4H3. The van der Waals surface area contributed by atoms with Gasteiger partial charge in [0.15, 0.2) is 0 Å². The molecule has 98 valence electrons. The number of halogens is 1. The molecule has 1 unspecified atom stereocenters. The highest BCUT2D eigenvalue weighted by Gasteiger charge is 2.14. The fourth-order valence-corrected chi connectivity index (χ4v) is 2.42. The summed E-state index contributed by atoms with van der Waals surface area (Å²) < 4.78 is 2.04. The number of hydrogen-bond acceptors (Lipinski definition) is 2. The van der Waals surface area contributed by atoms with Crippen LogP contribution in [0.1, 0.15) is 45.5 Å². The molecule has 17 heavy (non-hydrogen) atoms. The first-order valence-corrected chi connectivity index (χ1v) is 6.99. The van der Waals surface area contributed by atoms with Crippen LogP contribution in [-0.2, 0) is 19.4 Å². The van der Waals surface area contributed by atoms with E-state index in [2.05, 4.69) is 38.1 Å². The molecule has 0 radical (unpaired) electrons. The molecule has 1 atom stereocenters. The van der Waals surface area contributed by atoms with Crippen LogP contribution in [0.3, 0.4) is 0 Å². The molecular weight excluding hydrogens is 234 g/mol. The Hall–Kier alpha value is -0.540. The van der Waals surface area contributed by atoms with Gasteiger partial charge in [-0.2, -0.15) is 5.10 Å². The van der Waals surface area contributed by atoms with Crippen LogP contribution >= 0.6 is 11.6 Å². The predicted octanol–water partition coefficient (Wildman–Crippen LogP) is 3.05. The van der Waals surface area contributed by atoms with E-state index in [-0.39, 0.29) is 0 Å². The number of rotatable bonds is 7. The van der Waals surface area contributed by atoms with Crippen LogP contribution in [0.2, 0.25) is 5.02 Å². The second kappa shape index (κ2) is 7.02. The number of nitrogens with one attached hydrogen (secondary N) is 1. The van der Waals surface area contributed by atoms with Gasteiger partial charge in [0.1, 0.15) is 0 Å². The lowest BCUT2D eigenvalue weighted by Gasteiger charge is -2.12. The zero-order valence-electron chi connectivity index (χ0n) is 11.4. The summed E-state index contributed by atoms with van der Waals surface area (Å²) in [5.41, 5.74) is 2.22. The zero-order chi connectivity index (χ0) is 12.8. The van der Waals surface area contributed by atoms with Crippen LogP contribution in [-0.4, -0.2) is 22.4 Å². The summed E-state index contributed by atoms with van der Waals surface area (Å²) in [5, 5.41) is 8.83. The molecule has 0 aliphatic rings. The predicted molar refractivity (Wildman–Crippen MR) is 73.7 cm³/mol. The molecule has 0 aromatic carbocycles. The van der Waals surface area contributed by atoms with Crippen molar-refractivity contribution in [2.24, 2.45) is 0 Å². The van der Waals surface area contributed by atoms with E-state index in [4.69, 9.17) is 11.6 Å². The van der Waals surface area contributed by atoms with Crippen molar-refractivity contribution in [2.75, 3.05) is 6.54 Å². The molecule has 0 fully saturated rings. The molecule has 0 aliphatic heterocycles. The van der Waals surface area contributed by atoms with E-state index in [1.807, 2.05) is 4.68 Å². The van der Waals surface area contributed by atoms with Gasteiger partial charge in [0, 0.05) is 12.6 Å². The lowest BCUT2D eigenvalue weighted by molar-refractivity contribution is 0.513. The molecule has 0 amide bonds. The third-order valence-electron chi connectivity index (χ3n) is 3.06. The van der Waals surface area contributed by atoms with Crippen LogP contribution in [0.5, 0.6) is 0 Å². The summed E-state index contributed by atoms with van der Waals surface area (Å²) in [6.45, 7) is 10.5. The molecule has 0 aliphatic carbocycles. The second-order valence-electron chi connectivity index (χ2n) is 4.37. The van der Waals surface area contributed by atoms with E-state index >= 15 is 0 Å². The summed E-state index contributed by atoms with van der Waals surface area (Å²) in [4.78, 5) is 0. The summed E-state index contributed by atoms with van der Waals surface area (Å²) >= 11 is 6.37. The van der Waals surface area contributed by atoms with E-state index < -0.39 is 0 Å². The van der Waals surface area contributed by atoms with Crippen LogP contribution in [0.15, 0.2) is 0 Å². The van der Waals surface area contributed by atoms with Crippen LogP contribution < -0.4 is 5.32 Å². The Balaban J connectivity index is 2.72. The van der Waals surface area contributed by atoms with Gasteiger partial charge in [-0.05, 0) is 39.7 Å². The first-order chi connectivity index (χ1) is 8.13. The van der Waals surface area contributed by atoms with E-state index in [0.29, 0.717) is 6.04 Å². The quantitative estimate of drug-likeness (QED) is 0.814. The number of aryl methyl sites for hydroxylation is 2. The van der Waals surface area contributed by atoms with Crippen molar-refractivity contribution in [1.82, 2.24) is 15.1 Å². The SMILES string of the molecule is CCNC(C)CCc1c(Cl)c(CC)nn1CC. The van der Waals surface area contributed by atoms with E-state index in [1.54, 1.807) is 0 Å². The molecule has 0 bridgehead atoms. The Morgan fingerprint density at radius 3 is 2.59 bits per heavy atom. The lowest BCUT2D eigenvalue weighted by Crippen LogP contribution is -2.26. The molecule has 0 saturated carbocycles. The van der Waals surface area contributed by atoms with Gasteiger partial charge >= 0.3 is 0 Å². The molecule has 0 saturated heterocycles. The summed E-state index contributed by atoms with van der Waals surface area (Å²) in [5.74, 6) is 0. The Kier molecular flexibility index (Phi) is 6.00. The van der Waals surface area contributed by atoms with Gasteiger partial charge in [0.05, 0.1) is 16.4 Å². The average Bonchev–Trinajstić information content (AvgIpc) is 2.63. The Labute approximate surface area is 110 Å². The highest BCUT2D eigenvalue weighted by atomic mass is 35.5. The van der Waals surface area contributed by atoms with Gasteiger partial charge in [-0.1, -0.05) is 25.4 Å². The molecule has 1 rings (SSSR count). The van der Waals surface area contributed by atoms with Crippen molar-refractivity contribution < 1.29 is 0 Å². The Morgan fingerprint density at radius 2 is 2.06 bits per heavy atom. The third-order valence-corrected chi connectivity index (χ3v) is 3.50. The monoisotopic (exact) mass is 257 g/mol. The topological polar surface area (TPSA) is 29.9 Å². The first-order valence-electron chi connectivity index (χ1n) is 6.61. The van der Waals surface area contributed by atoms with Crippen molar-refractivity contribution in [3.05, 3.63) is 16.4 Å². The number of hydrogen-bond donors (Lipinski definition) is 1. The van der Waals surface area contributed by atoms with E-state index in [9.17, 15) is 0 Å². The molecule has 1 N–H and O–H groups in total. The fraction of sp³-hybridized carbons (Fsp3) is 0.769. The average molecular weight is 258 g/mol. The van der Waals surface area contributed by atoms with Crippen molar-refractivity contribution in [2.45, 2.75) is 59.5 Å². The molecule has 1 aromatic heterocycles. The van der Waals surface area contributed by atoms with Gasteiger partial charge < -0.3 is 5.32 Å². The van der Waals surface area contributed by atoms with Crippen molar-refractivity contribution in [3.63, 3.8) is 0 Å². The van der Waals surface area contributed by atoms with Gasteiger partial charge in [-0.15, -0.1) is 0 Å². The normalized spacial score (nSPS) is 13.0. The van der Waals surface area contributed by atoms with Crippen LogP contribution in [0.25, 0.3) is 0 Å². The third kappa shape index (κ3) is 3.71. The maximum atomic E-state index is 6.37. The zero-order valence-corrected chi connectivity index (χ0v) is 12.1.